The SMILES string of the molecule is CCNC(=O)C(CC)N(CCc1ccccc1)C(=O)CN(c1ccc(OCC)cc1)S(=O)(=O)c1ccc(SC)cc1. The van der Waals surface area contributed by atoms with Crippen LogP contribution in [0.5, 0.6) is 5.75 Å². The average molecular weight is 598 g/mol. The van der Waals surface area contributed by atoms with Crippen LogP contribution in [-0.2, 0) is 26.0 Å². The van der Waals surface area contributed by atoms with Gasteiger partial charge >= 0.3 is 0 Å². The number of nitrogens with one attached hydrogen (secondary N) is 1. The largest absolute Gasteiger partial charge is 0.494 e. The summed E-state index contributed by atoms with van der Waals surface area (Å²) in [5.41, 5.74) is 1.34. The van der Waals surface area contributed by atoms with Gasteiger partial charge < -0.3 is 15.0 Å². The lowest BCUT2D eigenvalue weighted by atomic mass is 10.1. The van der Waals surface area contributed by atoms with Crippen LogP contribution in [0.2, 0.25) is 0 Å². The van der Waals surface area contributed by atoms with Crippen molar-refractivity contribution in [2.24, 2.45) is 0 Å². The van der Waals surface area contributed by atoms with E-state index in [1.54, 1.807) is 48.5 Å². The topological polar surface area (TPSA) is 96.0 Å². The van der Waals surface area contributed by atoms with Crippen LogP contribution in [0.15, 0.2) is 88.7 Å². The fourth-order valence-electron chi connectivity index (χ4n) is 4.47. The molecule has 0 aliphatic carbocycles. The van der Waals surface area contributed by atoms with Crippen LogP contribution >= 0.6 is 11.8 Å². The van der Waals surface area contributed by atoms with Gasteiger partial charge in [0.1, 0.15) is 18.3 Å². The second-order valence-corrected chi connectivity index (χ2v) is 12.0. The van der Waals surface area contributed by atoms with Crippen molar-refractivity contribution in [1.82, 2.24) is 10.2 Å². The third-order valence-electron chi connectivity index (χ3n) is 6.58. The Hall–Kier alpha value is -3.50. The van der Waals surface area contributed by atoms with E-state index in [2.05, 4.69) is 5.32 Å². The molecule has 0 radical (unpaired) electrons. The highest BCUT2D eigenvalue weighted by Crippen LogP contribution is 2.28. The third kappa shape index (κ3) is 8.50. The zero-order chi connectivity index (χ0) is 29.8. The molecule has 10 heteroatoms. The summed E-state index contributed by atoms with van der Waals surface area (Å²) in [6, 6.07) is 22.1. The van der Waals surface area contributed by atoms with Crippen LogP contribution in [0.25, 0.3) is 0 Å². The van der Waals surface area contributed by atoms with E-state index >= 15 is 0 Å². The van der Waals surface area contributed by atoms with Gasteiger partial charge in [0.05, 0.1) is 17.2 Å². The summed E-state index contributed by atoms with van der Waals surface area (Å²) < 4.78 is 34.6. The summed E-state index contributed by atoms with van der Waals surface area (Å²) in [6.45, 7) is 6.22. The van der Waals surface area contributed by atoms with Gasteiger partial charge in [-0.1, -0.05) is 37.3 Å². The molecule has 0 saturated heterocycles. The van der Waals surface area contributed by atoms with Crippen molar-refractivity contribution < 1.29 is 22.7 Å². The molecule has 1 atom stereocenters. The first-order valence-corrected chi connectivity index (χ1v) is 16.4. The van der Waals surface area contributed by atoms with Gasteiger partial charge in [-0.05, 0) is 87.0 Å². The molecule has 0 aliphatic rings. The van der Waals surface area contributed by atoms with E-state index in [9.17, 15) is 18.0 Å². The Balaban J connectivity index is 2.01. The van der Waals surface area contributed by atoms with Crippen molar-refractivity contribution in [3.05, 3.63) is 84.4 Å². The molecule has 0 saturated carbocycles. The number of likely N-dealkylation sites (N-methyl/N-ethyl adjacent to an activating group) is 1. The van der Waals surface area contributed by atoms with Gasteiger partial charge in [-0.2, -0.15) is 0 Å². The van der Waals surface area contributed by atoms with E-state index in [4.69, 9.17) is 4.74 Å². The quantitative estimate of drug-likeness (QED) is 0.248. The molecular weight excluding hydrogens is 558 g/mol. The molecule has 3 aromatic rings. The molecule has 0 bridgehead atoms. The Morgan fingerprint density at radius 2 is 1.59 bits per heavy atom. The van der Waals surface area contributed by atoms with Crippen molar-refractivity contribution >= 4 is 39.3 Å². The Kier molecular flexibility index (Phi) is 12.1. The van der Waals surface area contributed by atoms with Crippen molar-refractivity contribution in [2.75, 3.05) is 36.8 Å². The number of thioether (sulfide) groups is 1. The maximum atomic E-state index is 14.0. The molecule has 1 unspecified atom stereocenters. The molecule has 0 fully saturated rings. The standard InChI is InChI=1S/C31H39N3O5S2/c1-5-29(31(36)32-6-2)33(22-21-24-11-9-8-10-12-24)30(35)23-34(25-13-15-26(16-14-25)39-7-3)41(37,38)28-19-17-27(40-4)18-20-28/h8-20,29H,5-7,21-23H2,1-4H3,(H,32,36). The van der Waals surface area contributed by atoms with E-state index < -0.39 is 28.5 Å². The Bertz CT molecular complexity index is 1370. The number of nitrogens with zero attached hydrogens (tertiary/aromatic N) is 2. The first kappa shape index (κ1) is 32.0. The molecule has 0 spiro atoms. The van der Waals surface area contributed by atoms with Gasteiger partial charge in [-0.3, -0.25) is 13.9 Å². The fraction of sp³-hybridized carbons (Fsp3) is 0.355. The van der Waals surface area contributed by atoms with Crippen LogP contribution < -0.4 is 14.4 Å². The number of carbonyl (C=O) groups is 2. The molecule has 3 aromatic carbocycles. The first-order chi connectivity index (χ1) is 19.7. The van der Waals surface area contributed by atoms with Crippen molar-refractivity contribution in [3.63, 3.8) is 0 Å². The first-order valence-electron chi connectivity index (χ1n) is 13.8. The van der Waals surface area contributed by atoms with Gasteiger partial charge in [-0.15, -0.1) is 11.8 Å². The van der Waals surface area contributed by atoms with Crippen LogP contribution in [-0.4, -0.2) is 63.7 Å². The van der Waals surface area contributed by atoms with E-state index in [0.717, 1.165) is 14.8 Å². The summed E-state index contributed by atoms with van der Waals surface area (Å²) >= 11 is 1.51. The van der Waals surface area contributed by atoms with Gasteiger partial charge in [0.15, 0.2) is 0 Å². The van der Waals surface area contributed by atoms with Crippen LogP contribution in [0, 0.1) is 0 Å². The van der Waals surface area contributed by atoms with Gasteiger partial charge in [0, 0.05) is 18.0 Å². The number of hydrogen-bond acceptors (Lipinski definition) is 6. The smallest absolute Gasteiger partial charge is 0.264 e. The van der Waals surface area contributed by atoms with Gasteiger partial charge in [0.2, 0.25) is 11.8 Å². The Morgan fingerprint density at radius 1 is 0.927 bits per heavy atom. The zero-order valence-corrected chi connectivity index (χ0v) is 25.7. The minimum atomic E-state index is -4.13. The van der Waals surface area contributed by atoms with E-state index in [0.29, 0.717) is 37.4 Å². The highest BCUT2D eigenvalue weighted by atomic mass is 32.2. The second kappa shape index (κ2) is 15.5. The number of carbonyl (C=O) groups excluding carboxylic acids is 2. The molecule has 220 valence electrons. The van der Waals surface area contributed by atoms with Gasteiger partial charge in [0.25, 0.3) is 10.0 Å². The Morgan fingerprint density at radius 3 is 2.15 bits per heavy atom. The van der Waals surface area contributed by atoms with Crippen molar-refractivity contribution in [1.29, 1.82) is 0 Å². The Labute approximate surface area is 248 Å². The van der Waals surface area contributed by atoms with E-state index in [1.165, 1.54) is 16.7 Å². The summed E-state index contributed by atoms with van der Waals surface area (Å²) in [5, 5.41) is 2.82. The molecule has 41 heavy (non-hydrogen) atoms. The number of hydrogen-bond donors (Lipinski definition) is 1. The van der Waals surface area contributed by atoms with E-state index in [1.807, 2.05) is 57.4 Å². The van der Waals surface area contributed by atoms with Crippen molar-refractivity contribution in [2.45, 2.75) is 49.4 Å². The highest BCUT2D eigenvalue weighted by molar-refractivity contribution is 7.98. The normalized spacial score (nSPS) is 11.9. The highest BCUT2D eigenvalue weighted by Gasteiger charge is 2.33. The van der Waals surface area contributed by atoms with Gasteiger partial charge in [-0.25, -0.2) is 8.42 Å². The molecule has 0 aromatic heterocycles. The summed E-state index contributed by atoms with van der Waals surface area (Å²) in [7, 11) is -4.13. The number of amides is 2. The fourth-order valence-corrected chi connectivity index (χ4v) is 6.29. The number of sulfonamides is 1. The second-order valence-electron chi connectivity index (χ2n) is 9.26. The van der Waals surface area contributed by atoms with Crippen LogP contribution in [0.1, 0.15) is 32.8 Å². The minimum Gasteiger partial charge on any atom is -0.494 e. The summed E-state index contributed by atoms with van der Waals surface area (Å²) in [5.74, 6) is -0.132. The lowest BCUT2D eigenvalue weighted by Crippen LogP contribution is -2.53. The molecule has 0 aliphatic heterocycles. The molecule has 8 nitrogen and oxygen atoms in total. The third-order valence-corrected chi connectivity index (χ3v) is 9.11. The molecular formula is C31H39N3O5S2. The number of rotatable bonds is 15. The number of ether oxygens (including phenoxy) is 1. The molecule has 3 rings (SSSR count). The monoisotopic (exact) mass is 597 g/mol. The lowest BCUT2D eigenvalue weighted by Gasteiger charge is -2.33. The predicted molar refractivity (Wildman–Crippen MR) is 165 cm³/mol. The van der Waals surface area contributed by atoms with Crippen LogP contribution in [0.3, 0.4) is 0 Å². The number of anilines is 1. The maximum Gasteiger partial charge on any atom is 0.264 e. The zero-order valence-electron chi connectivity index (χ0n) is 24.1. The minimum absolute atomic E-state index is 0.0728. The summed E-state index contributed by atoms with van der Waals surface area (Å²) in [6.07, 6.45) is 2.82. The predicted octanol–water partition coefficient (Wildman–Crippen LogP) is 4.99. The average Bonchev–Trinajstić information content (AvgIpc) is 2.99. The van der Waals surface area contributed by atoms with E-state index in [-0.39, 0.29) is 17.3 Å². The maximum absolute atomic E-state index is 14.0. The van der Waals surface area contributed by atoms with Crippen LogP contribution in [0.4, 0.5) is 5.69 Å². The van der Waals surface area contributed by atoms with Crippen molar-refractivity contribution in [3.8, 4) is 5.75 Å². The number of benzene rings is 3. The molecule has 0 heterocycles. The molecule has 1 N–H and O–H groups in total. The summed E-state index contributed by atoms with van der Waals surface area (Å²) in [4.78, 5) is 29.5. The molecule has 2 amide bonds. The lowest BCUT2D eigenvalue weighted by molar-refractivity contribution is -0.139.